The molecule has 4 heterocycles. The standard InChI is InChI=1S/C23H21F2N5OS/c1-14-27-20(21(32-14)15-5-7-16(24)8-6-15)23(31)30-9-3-2-4-18(30)10-17-12-29-13-26-11-19(25)22(29)28-17/h5-8,11-13,18H,2-4,9-10H2,1H3/t18-/m0/s1. The van der Waals surface area contributed by atoms with Crippen molar-refractivity contribution in [2.75, 3.05) is 6.54 Å². The number of carbonyl (C=O) groups excluding carboxylic acids is 1. The molecule has 6 nitrogen and oxygen atoms in total. The fourth-order valence-corrected chi connectivity index (χ4v) is 5.18. The number of hydrogen-bond donors (Lipinski definition) is 0. The lowest BCUT2D eigenvalue weighted by atomic mass is 9.97. The van der Waals surface area contributed by atoms with E-state index in [1.165, 1.54) is 29.8 Å². The van der Waals surface area contributed by atoms with E-state index in [4.69, 9.17) is 0 Å². The van der Waals surface area contributed by atoms with Gasteiger partial charge in [0.25, 0.3) is 5.91 Å². The van der Waals surface area contributed by atoms with Crippen LogP contribution in [0.4, 0.5) is 8.78 Å². The van der Waals surface area contributed by atoms with Crippen LogP contribution in [0.2, 0.25) is 0 Å². The molecule has 0 bridgehead atoms. The van der Waals surface area contributed by atoms with E-state index in [1.807, 2.05) is 11.8 Å². The van der Waals surface area contributed by atoms with Gasteiger partial charge in [-0.3, -0.25) is 9.20 Å². The predicted octanol–water partition coefficient (Wildman–Crippen LogP) is 4.68. The fourth-order valence-electron chi connectivity index (χ4n) is 4.26. The summed E-state index contributed by atoms with van der Waals surface area (Å²) in [4.78, 5) is 29.0. The number of thiazole rings is 1. The maximum absolute atomic E-state index is 14.0. The molecule has 1 saturated heterocycles. The fraction of sp³-hybridized carbons (Fsp3) is 0.304. The molecule has 9 heteroatoms. The number of fused-ring (bicyclic) bond motifs is 1. The summed E-state index contributed by atoms with van der Waals surface area (Å²) >= 11 is 1.43. The molecule has 0 aliphatic carbocycles. The van der Waals surface area contributed by atoms with Crippen LogP contribution in [0, 0.1) is 18.6 Å². The predicted molar refractivity (Wildman–Crippen MR) is 118 cm³/mol. The van der Waals surface area contributed by atoms with Crippen molar-refractivity contribution in [2.24, 2.45) is 0 Å². The molecule has 0 N–H and O–H groups in total. The number of carbonyl (C=O) groups is 1. The average Bonchev–Trinajstić information content (AvgIpc) is 3.38. The molecule has 5 rings (SSSR count). The van der Waals surface area contributed by atoms with E-state index in [0.29, 0.717) is 18.7 Å². The zero-order valence-electron chi connectivity index (χ0n) is 17.5. The molecule has 1 aliphatic heterocycles. The van der Waals surface area contributed by atoms with Crippen LogP contribution in [0.15, 0.2) is 43.0 Å². The van der Waals surface area contributed by atoms with E-state index < -0.39 is 5.82 Å². The van der Waals surface area contributed by atoms with Crippen LogP contribution in [0.5, 0.6) is 0 Å². The summed E-state index contributed by atoms with van der Waals surface area (Å²) in [6.07, 6.45) is 7.73. The quantitative estimate of drug-likeness (QED) is 0.450. The molecular formula is C23H21F2N5OS. The van der Waals surface area contributed by atoms with E-state index in [9.17, 15) is 13.6 Å². The normalized spacial score (nSPS) is 16.6. The first-order chi connectivity index (χ1) is 15.5. The highest BCUT2D eigenvalue weighted by Crippen LogP contribution is 2.33. The first-order valence-corrected chi connectivity index (χ1v) is 11.3. The third-order valence-electron chi connectivity index (χ3n) is 5.75. The Morgan fingerprint density at radius 1 is 1.19 bits per heavy atom. The highest BCUT2D eigenvalue weighted by Gasteiger charge is 2.31. The van der Waals surface area contributed by atoms with Gasteiger partial charge in [-0.25, -0.2) is 23.7 Å². The second kappa shape index (κ2) is 8.38. The van der Waals surface area contributed by atoms with E-state index >= 15 is 0 Å². The SMILES string of the molecule is Cc1nc(C(=O)N2CCCC[C@H]2Cc2cn3cncc(F)c3n2)c(-c2ccc(F)cc2)s1. The first kappa shape index (κ1) is 20.7. The van der Waals surface area contributed by atoms with Crippen molar-refractivity contribution >= 4 is 22.9 Å². The van der Waals surface area contributed by atoms with Gasteiger partial charge in [-0.05, 0) is 43.9 Å². The van der Waals surface area contributed by atoms with Gasteiger partial charge in [0, 0.05) is 25.2 Å². The van der Waals surface area contributed by atoms with Crippen molar-refractivity contribution in [1.82, 2.24) is 24.3 Å². The number of hydrogen-bond acceptors (Lipinski definition) is 5. The molecule has 0 saturated carbocycles. The third-order valence-corrected chi connectivity index (χ3v) is 6.77. The topological polar surface area (TPSA) is 63.4 Å². The van der Waals surface area contributed by atoms with Crippen LogP contribution >= 0.6 is 11.3 Å². The Labute approximate surface area is 187 Å². The lowest BCUT2D eigenvalue weighted by Gasteiger charge is -2.35. The number of rotatable bonds is 4. The lowest BCUT2D eigenvalue weighted by Crippen LogP contribution is -2.45. The van der Waals surface area contributed by atoms with Crippen molar-refractivity contribution in [2.45, 2.75) is 38.6 Å². The van der Waals surface area contributed by atoms with Crippen LogP contribution in [0.3, 0.4) is 0 Å². The Hall–Kier alpha value is -3.20. The molecule has 1 aromatic carbocycles. The van der Waals surface area contributed by atoms with Gasteiger partial charge in [-0.1, -0.05) is 12.1 Å². The number of aryl methyl sites for hydroxylation is 1. The number of imidazole rings is 1. The molecule has 164 valence electrons. The van der Waals surface area contributed by atoms with Gasteiger partial charge in [0.15, 0.2) is 11.5 Å². The van der Waals surface area contributed by atoms with Crippen LogP contribution in [-0.2, 0) is 6.42 Å². The largest absolute Gasteiger partial charge is 0.334 e. The first-order valence-electron chi connectivity index (χ1n) is 10.5. The Bertz CT molecular complexity index is 1280. The second-order valence-electron chi connectivity index (χ2n) is 7.97. The summed E-state index contributed by atoms with van der Waals surface area (Å²) in [7, 11) is 0. The number of aromatic nitrogens is 4. The third kappa shape index (κ3) is 3.88. The van der Waals surface area contributed by atoms with E-state index in [2.05, 4.69) is 15.0 Å². The molecule has 0 spiro atoms. The Morgan fingerprint density at radius 3 is 2.78 bits per heavy atom. The minimum atomic E-state index is -0.475. The molecule has 1 aliphatic rings. The zero-order chi connectivity index (χ0) is 22.2. The van der Waals surface area contributed by atoms with Gasteiger partial charge in [0.05, 0.1) is 21.8 Å². The van der Waals surface area contributed by atoms with E-state index in [1.54, 1.807) is 22.7 Å². The number of halogens is 2. The van der Waals surface area contributed by atoms with Crippen LogP contribution in [-0.4, -0.2) is 42.7 Å². The molecule has 0 unspecified atom stereocenters. The number of amides is 1. The Kier molecular flexibility index (Phi) is 5.42. The summed E-state index contributed by atoms with van der Waals surface area (Å²) in [5.74, 6) is -0.926. The molecule has 1 fully saturated rings. The van der Waals surface area contributed by atoms with Crippen LogP contribution in [0.1, 0.15) is 40.5 Å². The van der Waals surface area contributed by atoms with Crippen LogP contribution in [0.25, 0.3) is 16.1 Å². The summed E-state index contributed by atoms with van der Waals surface area (Å²) in [5, 5.41) is 0.782. The van der Waals surface area contributed by atoms with Gasteiger partial charge in [-0.2, -0.15) is 0 Å². The molecule has 3 aromatic heterocycles. The smallest absolute Gasteiger partial charge is 0.274 e. The minimum Gasteiger partial charge on any atom is -0.334 e. The van der Waals surface area contributed by atoms with Crippen molar-refractivity contribution < 1.29 is 13.6 Å². The second-order valence-corrected chi connectivity index (χ2v) is 9.18. The molecule has 4 aromatic rings. The maximum atomic E-state index is 14.0. The minimum absolute atomic E-state index is 0.0553. The van der Waals surface area contributed by atoms with Gasteiger partial charge < -0.3 is 4.90 Å². The summed E-state index contributed by atoms with van der Waals surface area (Å²) < 4.78 is 29.0. The van der Waals surface area contributed by atoms with Crippen molar-refractivity contribution in [3.05, 3.63) is 71.0 Å². The van der Waals surface area contributed by atoms with Gasteiger partial charge in [-0.15, -0.1) is 11.3 Å². The maximum Gasteiger partial charge on any atom is 0.274 e. The summed E-state index contributed by atoms with van der Waals surface area (Å²) in [5.41, 5.74) is 2.13. The highest BCUT2D eigenvalue weighted by molar-refractivity contribution is 7.15. The van der Waals surface area contributed by atoms with Crippen molar-refractivity contribution in [1.29, 1.82) is 0 Å². The highest BCUT2D eigenvalue weighted by atomic mass is 32.1. The molecule has 32 heavy (non-hydrogen) atoms. The van der Waals surface area contributed by atoms with Crippen molar-refractivity contribution in [3.8, 4) is 10.4 Å². The zero-order valence-corrected chi connectivity index (χ0v) is 18.3. The van der Waals surface area contributed by atoms with E-state index in [0.717, 1.165) is 46.6 Å². The molecule has 0 radical (unpaired) electrons. The molecule has 1 atom stereocenters. The number of benzene rings is 1. The average molecular weight is 454 g/mol. The monoisotopic (exact) mass is 453 g/mol. The van der Waals surface area contributed by atoms with Crippen LogP contribution < -0.4 is 0 Å². The Balaban J connectivity index is 1.44. The van der Waals surface area contributed by atoms with Gasteiger partial charge in [0.1, 0.15) is 17.8 Å². The molecular weight excluding hydrogens is 432 g/mol. The number of nitrogens with zero attached hydrogens (tertiary/aromatic N) is 5. The molecule has 1 amide bonds. The lowest BCUT2D eigenvalue weighted by molar-refractivity contribution is 0.0608. The summed E-state index contributed by atoms with van der Waals surface area (Å²) in [6, 6.07) is 6.07. The van der Waals surface area contributed by atoms with Crippen molar-refractivity contribution in [3.63, 3.8) is 0 Å². The Morgan fingerprint density at radius 2 is 2.00 bits per heavy atom. The van der Waals surface area contributed by atoms with Gasteiger partial charge in [0.2, 0.25) is 0 Å². The number of piperidine rings is 1. The van der Waals surface area contributed by atoms with Gasteiger partial charge >= 0.3 is 0 Å². The number of likely N-dealkylation sites (tertiary alicyclic amines) is 1. The van der Waals surface area contributed by atoms with E-state index in [-0.39, 0.29) is 23.4 Å². The summed E-state index contributed by atoms with van der Waals surface area (Å²) in [6.45, 7) is 2.49.